The number of hydrogen-bond donors (Lipinski definition) is 1. The number of ether oxygens (including phenoxy) is 2. The van der Waals surface area contributed by atoms with Crippen LogP contribution in [0.2, 0.25) is 0 Å². The summed E-state index contributed by atoms with van der Waals surface area (Å²) in [5, 5.41) is 9.00. The number of nitrogens with two attached hydrogens (primary N) is 1. The van der Waals surface area contributed by atoms with Gasteiger partial charge < -0.3 is 15.2 Å². The first-order valence-electron chi connectivity index (χ1n) is 3.95. The summed E-state index contributed by atoms with van der Waals surface area (Å²) in [5.74, 6) is 0. The molecule has 12 heavy (non-hydrogen) atoms. The maximum absolute atomic E-state index is 9.00. The lowest BCUT2D eigenvalue weighted by Crippen LogP contribution is -2.61. The highest BCUT2D eigenvalue weighted by Crippen LogP contribution is 2.48. The molecule has 2 unspecified atom stereocenters. The average molecular weight is 168 g/mol. The van der Waals surface area contributed by atoms with Crippen molar-refractivity contribution in [2.75, 3.05) is 13.2 Å². The Morgan fingerprint density at radius 3 is 1.83 bits per heavy atom. The van der Waals surface area contributed by atoms with Crippen molar-refractivity contribution in [3.63, 3.8) is 0 Å². The van der Waals surface area contributed by atoms with Crippen molar-refractivity contribution < 1.29 is 9.47 Å². The van der Waals surface area contributed by atoms with E-state index in [2.05, 4.69) is 6.07 Å². The molecular formula is C8H12N2O2. The first-order valence-corrected chi connectivity index (χ1v) is 3.95. The molecule has 0 amide bonds. The molecule has 66 valence electrons. The molecule has 0 bridgehead atoms. The molecule has 0 spiro atoms. The summed E-state index contributed by atoms with van der Waals surface area (Å²) in [6, 6.07) is 2.11. The summed E-state index contributed by atoms with van der Waals surface area (Å²) in [7, 11) is 0. The number of nitriles is 1. The van der Waals surface area contributed by atoms with E-state index in [0.29, 0.717) is 13.2 Å². The molecule has 2 aliphatic heterocycles. The van der Waals surface area contributed by atoms with E-state index in [-0.39, 0.29) is 0 Å². The Balaban J connectivity index is 2.32. The SMILES string of the molecule is CC1(C(N)(C#N)C2(C)CO2)CO1. The van der Waals surface area contributed by atoms with Crippen molar-refractivity contribution >= 4 is 0 Å². The number of epoxide rings is 2. The molecule has 2 heterocycles. The Hall–Kier alpha value is -0.630. The van der Waals surface area contributed by atoms with Crippen LogP contribution in [0.1, 0.15) is 13.8 Å². The molecule has 0 aromatic rings. The van der Waals surface area contributed by atoms with Gasteiger partial charge in [-0.05, 0) is 13.8 Å². The van der Waals surface area contributed by atoms with Crippen LogP contribution in [-0.4, -0.2) is 30.0 Å². The monoisotopic (exact) mass is 168 g/mol. The molecule has 0 aliphatic carbocycles. The van der Waals surface area contributed by atoms with Crippen LogP contribution in [0.25, 0.3) is 0 Å². The summed E-state index contributed by atoms with van der Waals surface area (Å²) in [6.45, 7) is 4.80. The highest BCUT2D eigenvalue weighted by Gasteiger charge is 2.70. The van der Waals surface area contributed by atoms with E-state index in [1.165, 1.54) is 0 Å². The van der Waals surface area contributed by atoms with Gasteiger partial charge in [0.25, 0.3) is 0 Å². The highest BCUT2D eigenvalue weighted by atomic mass is 16.6. The minimum Gasteiger partial charge on any atom is -0.367 e. The molecule has 0 aromatic carbocycles. The van der Waals surface area contributed by atoms with E-state index in [1.807, 2.05) is 13.8 Å². The van der Waals surface area contributed by atoms with E-state index in [1.54, 1.807) is 0 Å². The largest absolute Gasteiger partial charge is 0.367 e. The van der Waals surface area contributed by atoms with Crippen LogP contribution < -0.4 is 5.73 Å². The second-order valence-corrected chi connectivity index (χ2v) is 3.96. The zero-order chi connectivity index (χ0) is 9.04. The molecule has 0 saturated carbocycles. The van der Waals surface area contributed by atoms with Crippen LogP contribution in [0.5, 0.6) is 0 Å². The van der Waals surface area contributed by atoms with Crippen LogP contribution in [0.3, 0.4) is 0 Å². The van der Waals surface area contributed by atoms with Crippen molar-refractivity contribution in [2.45, 2.75) is 30.6 Å². The molecule has 2 rings (SSSR count). The summed E-state index contributed by atoms with van der Waals surface area (Å²) in [6.07, 6.45) is 0. The predicted molar refractivity (Wildman–Crippen MR) is 41.2 cm³/mol. The van der Waals surface area contributed by atoms with E-state index in [9.17, 15) is 0 Å². The fraction of sp³-hybridized carbons (Fsp3) is 0.875. The van der Waals surface area contributed by atoms with Gasteiger partial charge in [0.1, 0.15) is 11.2 Å². The minimum absolute atomic E-state index is 0.507. The maximum Gasteiger partial charge on any atom is 0.166 e. The molecule has 0 aromatic heterocycles. The number of rotatable bonds is 2. The molecule has 4 nitrogen and oxygen atoms in total. The average Bonchev–Trinajstić information content (AvgIpc) is 2.90. The van der Waals surface area contributed by atoms with E-state index in [4.69, 9.17) is 20.5 Å². The van der Waals surface area contributed by atoms with Crippen LogP contribution in [0.15, 0.2) is 0 Å². The smallest absolute Gasteiger partial charge is 0.166 e. The molecule has 2 N–H and O–H groups in total. The van der Waals surface area contributed by atoms with Crippen molar-refractivity contribution in [2.24, 2.45) is 5.73 Å². The standard InChI is InChI=1S/C8H12N2O2/c1-6(4-11-6)8(10,3-9)7(2)5-12-7/h4-5,10H2,1-2H3. The van der Waals surface area contributed by atoms with Crippen LogP contribution in [-0.2, 0) is 9.47 Å². The normalized spacial score (nSPS) is 49.2. The third kappa shape index (κ3) is 0.712. The second-order valence-electron chi connectivity index (χ2n) is 3.96. The number of nitrogens with zero attached hydrogens (tertiary/aromatic N) is 1. The zero-order valence-corrected chi connectivity index (χ0v) is 7.26. The Morgan fingerprint density at radius 1 is 1.33 bits per heavy atom. The topological polar surface area (TPSA) is 74.9 Å². The maximum atomic E-state index is 9.00. The quantitative estimate of drug-likeness (QED) is 0.579. The second kappa shape index (κ2) is 1.82. The third-order valence-electron chi connectivity index (χ3n) is 3.00. The van der Waals surface area contributed by atoms with Crippen molar-refractivity contribution in [3.8, 4) is 6.07 Å². The Kier molecular flexibility index (Phi) is 1.21. The fourth-order valence-electron chi connectivity index (χ4n) is 1.47. The molecule has 2 fully saturated rings. The van der Waals surface area contributed by atoms with Gasteiger partial charge in [0, 0.05) is 0 Å². The van der Waals surface area contributed by atoms with Gasteiger partial charge in [0.2, 0.25) is 0 Å². The van der Waals surface area contributed by atoms with Crippen LogP contribution >= 0.6 is 0 Å². The molecule has 2 atom stereocenters. The van der Waals surface area contributed by atoms with Crippen molar-refractivity contribution in [1.82, 2.24) is 0 Å². The first kappa shape index (κ1) is 7.99. The van der Waals surface area contributed by atoms with Gasteiger partial charge in [-0.25, -0.2) is 0 Å². The van der Waals surface area contributed by atoms with Gasteiger partial charge >= 0.3 is 0 Å². The van der Waals surface area contributed by atoms with Gasteiger partial charge in [-0.1, -0.05) is 0 Å². The van der Waals surface area contributed by atoms with E-state index < -0.39 is 16.7 Å². The van der Waals surface area contributed by atoms with Crippen molar-refractivity contribution in [1.29, 1.82) is 5.26 Å². The molecule has 2 aliphatic rings. The molecule has 2 saturated heterocycles. The molecular weight excluding hydrogens is 156 g/mol. The lowest BCUT2D eigenvalue weighted by atomic mass is 9.77. The predicted octanol–water partition coefficient (Wildman–Crippen LogP) is -0.215. The van der Waals surface area contributed by atoms with Gasteiger partial charge in [-0.15, -0.1) is 0 Å². The van der Waals surface area contributed by atoms with Crippen LogP contribution in [0.4, 0.5) is 0 Å². The summed E-state index contributed by atoms with van der Waals surface area (Å²) in [4.78, 5) is 0. The lowest BCUT2D eigenvalue weighted by Gasteiger charge is -2.29. The minimum atomic E-state index is -1.00. The van der Waals surface area contributed by atoms with Crippen LogP contribution in [0, 0.1) is 11.3 Å². The molecule has 0 radical (unpaired) electrons. The summed E-state index contributed by atoms with van der Waals surface area (Å²) < 4.78 is 10.4. The zero-order valence-electron chi connectivity index (χ0n) is 7.26. The van der Waals surface area contributed by atoms with Gasteiger partial charge in [0.15, 0.2) is 5.54 Å². The van der Waals surface area contributed by atoms with E-state index in [0.717, 1.165) is 0 Å². The van der Waals surface area contributed by atoms with Gasteiger partial charge in [-0.2, -0.15) is 5.26 Å². The van der Waals surface area contributed by atoms with Gasteiger partial charge in [0.05, 0.1) is 19.3 Å². The summed E-state index contributed by atoms with van der Waals surface area (Å²) >= 11 is 0. The third-order valence-corrected chi connectivity index (χ3v) is 3.00. The molecule has 4 heteroatoms. The van der Waals surface area contributed by atoms with Crippen molar-refractivity contribution in [3.05, 3.63) is 0 Å². The lowest BCUT2D eigenvalue weighted by molar-refractivity contribution is 0.147. The fourth-order valence-corrected chi connectivity index (χ4v) is 1.47. The Labute approximate surface area is 71.2 Å². The first-order chi connectivity index (χ1) is 5.47. The van der Waals surface area contributed by atoms with Gasteiger partial charge in [-0.3, -0.25) is 0 Å². The Bertz CT molecular complexity index is 243. The Morgan fingerprint density at radius 2 is 1.67 bits per heavy atom. The highest BCUT2D eigenvalue weighted by molar-refractivity contribution is 5.32. The van der Waals surface area contributed by atoms with E-state index >= 15 is 0 Å². The summed E-state index contributed by atoms with van der Waals surface area (Å²) in [5.41, 5.74) is 3.95. The number of hydrogen-bond acceptors (Lipinski definition) is 4.